The van der Waals surface area contributed by atoms with Crippen LogP contribution in [0.25, 0.3) is 0 Å². The third-order valence-corrected chi connectivity index (χ3v) is 3.56. The molecule has 106 valence electrons. The highest BCUT2D eigenvalue weighted by Gasteiger charge is 2.25. The molecule has 0 radical (unpaired) electrons. The standard InChI is InChI=1S/C14H20F2N2O/c1-2-18-5-6-19-14(9-18)13(17)8-10-3-4-11(15)12(16)7-10/h3-4,7,13-14H,2,5-6,8-9,17H2,1H3. The molecule has 2 rings (SSSR count). The smallest absolute Gasteiger partial charge is 0.159 e. The van der Waals surface area contributed by atoms with Crippen molar-refractivity contribution in [3.63, 3.8) is 0 Å². The molecule has 0 aromatic heterocycles. The van der Waals surface area contributed by atoms with Gasteiger partial charge in [0.25, 0.3) is 0 Å². The van der Waals surface area contributed by atoms with Crippen LogP contribution in [0, 0.1) is 11.6 Å². The van der Waals surface area contributed by atoms with Crippen LogP contribution in [0.1, 0.15) is 12.5 Å². The third kappa shape index (κ3) is 3.72. The topological polar surface area (TPSA) is 38.5 Å². The molecule has 1 aliphatic rings. The van der Waals surface area contributed by atoms with Crippen LogP contribution in [0.5, 0.6) is 0 Å². The summed E-state index contributed by atoms with van der Waals surface area (Å²) in [5.41, 5.74) is 6.82. The summed E-state index contributed by atoms with van der Waals surface area (Å²) in [6, 6.07) is 3.70. The number of nitrogens with two attached hydrogens (primary N) is 1. The van der Waals surface area contributed by atoms with Crippen LogP contribution in [-0.2, 0) is 11.2 Å². The van der Waals surface area contributed by atoms with Gasteiger partial charge in [0.1, 0.15) is 0 Å². The number of benzene rings is 1. The molecular weight excluding hydrogens is 250 g/mol. The summed E-state index contributed by atoms with van der Waals surface area (Å²) in [6.07, 6.45) is 0.432. The van der Waals surface area contributed by atoms with E-state index in [1.807, 2.05) is 0 Å². The molecule has 1 aromatic carbocycles. The minimum absolute atomic E-state index is 0.0539. The average Bonchev–Trinajstić information content (AvgIpc) is 2.43. The number of hydrogen-bond acceptors (Lipinski definition) is 3. The van der Waals surface area contributed by atoms with Crippen molar-refractivity contribution in [1.29, 1.82) is 0 Å². The lowest BCUT2D eigenvalue weighted by molar-refractivity contribution is -0.0385. The van der Waals surface area contributed by atoms with Gasteiger partial charge in [0.05, 0.1) is 12.7 Å². The van der Waals surface area contributed by atoms with Gasteiger partial charge in [-0.2, -0.15) is 0 Å². The van der Waals surface area contributed by atoms with Crippen molar-refractivity contribution in [2.24, 2.45) is 5.73 Å². The number of likely N-dealkylation sites (N-methyl/N-ethyl adjacent to an activating group) is 1. The molecule has 0 saturated carbocycles. The first-order valence-electron chi connectivity index (χ1n) is 6.63. The summed E-state index contributed by atoms with van der Waals surface area (Å²) in [4.78, 5) is 2.28. The van der Waals surface area contributed by atoms with Crippen LogP contribution in [0.3, 0.4) is 0 Å². The van der Waals surface area contributed by atoms with Crippen LogP contribution in [-0.4, -0.2) is 43.3 Å². The maximum atomic E-state index is 13.1. The fourth-order valence-corrected chi connectivity index (χ4v) is 2.35. The Bertz CT molecular complexity index is 428. The molecule has 3 nitrogen and oxygen atoms in total. The Morgan fingerprint density at radius 3 is 2.89 bits per heavy atom. The third-order valence-electron chi connectivity index (χ3n) is 3.56. The molecular formula is C14H20F2N2O. The second kappa shape index (κ2) is 6.41. The van der Waals surface area contributed by atoms with E-state index in [-0.39, 0.29) is 12.1 Å². The first-order chi connectivity index (χ1) is 9.10. The van der Waals surface area contributed by atoms with Crippen molar-refractivity contribution in [2.45, 2.75) is 25.5 Å². The van der Waals surface area contributed by atoms with Gasteiger partial charge in [-0.3, -0.25) is 4.90 Å². The van der Waals surface area contributed by atoms with E-state index in [2.05, 4.69) is 11.8 Å². The number of hydrogen-bond donors (Lipinski definition) is 1. The van der Waals surface area contributed by atoms with Gasteiger partial charge in [-0.25, -0.2) is 8.78 Å². The van der Waals surface area contributed by atoms with Gasteiger partial charge < -0.3 is 10.5 Å². The highest BCUT2D eigenvalue weighted by atomic mass is 19.2. The molecule has 0 spiro atoms. The minimum Gasteiger partial charge on any atom is -0.374 e. The van der Waals surface area contributed by atoms with Gasteiger partial charge in [-0.1, -0.05) is 13.0 Å². The predicted octanol–water partition coefficient (Wildman–Crippen LogP) is 1.56. The van der Waals surface area contributed by atoms with E-state index in [1.165, 1.54) is 6.07 Å². The van der Waals surface area contributed by atoms with Crippen molar-refractivity contribution in [1.82, 2.24) is 4.90 Å². The first-order valence-corrected chi connectivity index (χ1v) is 6.63. The molecule has 1 saturated heterocycles. The number of rotatable bonds is 4. The van der Waals surface area contributed by atoms with Crippen molar-refractivity contribution in [3.8, 4) is 0 Å². The summed E-state index contributed by atoms with van der Waals surface area (Å²) < 4.78 is 31.6. The fourth-order valence-electron chi connectivity index (χ4n) is 2.35. The van der Waals surface area contributed by atoms with Gasteiger partial charge in [-0.15, -0.1) is 0 Å². The van der Waals surface area contributed by atoms with E-state index < -0.39 is 11.6 Å². The van der Waals surface area contributed by atoms with Crippen molar-refractivity contribution < 1.29 is 13.5 Å². The second-order valence-electron chi connectivity index (χ2n) is 4.92. The maximum Gasteiger partial charge on any atom is 0.159 e. The van der Waals surface area contributed by atoms with E-state index in [4.69, 9.17) is 10.5 Å². The van der Waals surface area contributed by atoms with E-state index >= 15 is 0 Å². The molecule has 0 aliphatic carbocycles. The summed E-state index contributed by atoms with van der Waals surface area (Å²) in [6.45, 7) is 5.46. The summed E-state index contributed by atoms with van der Waals surface area (Å²) in [7, 11) is 0. The molecule has 1 heterocycles. The zero-order valence-corrected chi connectivity index (χ0v) is 11.1. The lowest BCUT2D eigenvalue weighted by Gasteiger charge is -2.35. The Kier molecular flexibility index (Phi) is 4.85. The van der Waals surface area contributed by atoms with E-state index in [0.717, 1.165) is 25.7 Å². The molecule has 2 unspecified atom stereocenters. The zero-order chi connectivity index (χ0) is 13.8. The molecule has 5 heteroatoms. The Labute approximate surface area is 112 Å². The molecule has 1 aliphatic heterocycles. The summed E-state index contributed by atoms with van der Waals surface area (Å²) in [5, 5.41) is 0. The van der Waals surface area contributed by atoms with Crippen LogP contribution in [0.2, 0.25) is 0 Å². The SMILES string of the molecule is CCN1CCOC(C(N)Cc2ccc(F)c(F)c2)C1. The molecule has 0 bridgehead atoms. The first kappa shape index (κ1) is 14.4. The lowest BCUT2D eigenvalue weighted by atomic mass is 10.0. The number of halogens is 2. The monoisotopic (exact) mass is 270 g/mol. The van der Waals surface area contributed by atoms with Crippen molar-refractivity contribution in [2.75, 3.05) is 26.2 Å². The molecule has 2 N–H and O–H groups in total. The highest BCUT2D eigenvalue weighted by molar-refractivity contribution is 5.19. The van der Waals surface area contributed by atoms with Crippen molar-refractivity contribution in [3.05, 3.63) is 35.4 Å². The Hall–Kier alpha value is -1.04. The van der Waals surface area contributed by atoms with Crippen LogP contribution in [0.15, 0.2) is 18.2 Å². The van der Waals surface area contributed by atoms with E-state index in [0.29, 0.717) is 18.6 Å². The largest absolute Gasteiger partial charge is 0.374 e. The normalized spacial score (nSPS) is 22.4. The molecule has 2 atom stereocenters. The zero-order valence-electron chi connectivity index (χ0n) is 11.1. The van der Waals surface area contributed by atoms with Crippen LogP contribution >= 0.6 is 0 Å². The Morgan fingerprint density at radius 2 is 2.21 bits per heavy atom. The van der Waals surface area contributed by atoms with Gasteiger partial charge >= 0.3 is 0 Å². The Balaban J connectivity index is 1.96. The quantitative estimate of drug-likeness (QED) is 0.902. The van der Waals surface area contributed by atoms with Crippen LogP contribution in [0.4, 0.5) is 8.78 Å². The number of morpholine rings is 1. The Morgan fingerprint density at radius 1 is 1.42 bits per heavy atom. The molecule has 1 fully saturated rings. The van der Waals surface area contributed by atoms with E-state index in [9.17, 15) is 8.78 Å². The van der Waals surface area contributed by atoms with Gasteiger partial charge in [0.2, 0.25) is 0 Å². The predicted molar refractivity (Wildman–Crippen MR) is 69.9 cm³/mol. The summed E-state index contributed by atoms with van der Waals surface area (Å²) in [5.74, 6) is -1.66. The fraction of sp³-hybridized carbons (Fsp3) is 0.571. The molecule has 1 aromatic rings. The lowest BCUT2D eigenvalue weighted by Crippen LogP contribution is -2.51. The highest BCUT2D eigenvalue weighted by Crippen LogP contribution is 2.14. The van der Waals surface area contributed by atoms with Crippen LogP contribution < -0.4 is 5.73 Å². The molecule has 19 heavy (non-hydrogen) atoms. The number of nitrogens with zero attached hydrogens (tertiary/aromatic N) is 1. The van der Waals surface area contributed by atoms with E-state index in [1.54, 1.807) is 6.07 Å². The molecule has 0 amide bonds. The maximum absolute atomic E-state index is 13.1. The average molecular weight is 270 g/mol. The van der Waals surface area contributed by atoms with Crippen molar-refractivity contribution >= 4 is 0 Å². The number of ether oxygens (including phenoxy) is 1. The van der Waals surface area contributed by atoms with Gasteiger partial charge in [0, 0.05) is 19.1 Å². The second-order valence-corrected chi connectivity index (χ2v) is 4.92. The summed E-state index contributed by atoms with van der Waals surface area (Å²) >= 11 is 0. The minimum atomic E-state index is -0.830. The van der Waals surface area contributed by atoms with Gasteiger partial charge in [-0.05, 0) is 30.7 Å². The van der Waals surface area contributed by atoms with Gasteiger partial charge in [0.15, 0.2) is 11.6 Å².